The van der Waals surface area contributed by atoms with Gasteiger partial charge in [-0.2, -0.15) is 0 Å². The van der Waals surface area contributed by atoms with Gasteiger partial charge >= 0.3 is 0 Å². The number of nitrogens with one attached hydrogen (secondary N) is 1. The van der Waals surface area contributed by atoms with E-state index in [1.54, 1.807) is 0 Å². The van der Waals surface area contributed by atoms with Crippen LogP contribution in [0.3, 0.4) is 0 Å². The van der Waals surface area contributed by atoms with Crippen molar-refractivity contribution < 1.29 is 0 Å². The van der Waals surface area contributed by atoms with Crippen LogP contribution in [0.1, 0.15) is 50.3 Å². The molecule has 1 saturated carbocycles. The Morgan fingerprint density at radius 3 is 2.89 bits per heavy atom. The maximum absolute atomic E-state index is 3.78. The molecule has 1 aliphatic carbocycles. The average molecular weight is 330 g/mol. The molecule has 0 amide bonds. The number of halogens is 1. The first kappa shape index (κ1) is 14.5. The van der Waals surface area contributed by atoms with Gasteiger partial charge in [0.15, 0.2) is 0 Å². The van der Waals surface area contributed by atoms with Crippen molar-refractivity contribution in [2.45, 2.75) is 57.9 Å². The molecule has 1 aliphatic rings. The molecule has 1 N–H and O–H groups in total. The minimum absolute atomic E-state index is 0.737. The molecule has 0 spiro atoms. The summed E-state index contributed by atoms with van der Waals surface area (Å²) in [7, 11) is 0. The van der Waals surface area contributed by atoms with Gasteiger partial charge in [-0.1, -0.05) is 26.2 Å². The number of rotatable bonds is 5. The van der Waals surface area contributed by atoms with E-state index in [2.05, 4.69) is 39.6 Å². The first-order chi connectivity index (χ1) is 8.81. The lowest BCUT2D eigenvalue weighted by Crippen LogP contribution is -2.37. The molecule has 1 nitrogen and oxygen atoms in total. The molecule has 1 fully saturated rings. The Labute approximate surface area is 123 Å². The summed E-state index contributed by atoms with van der Waals surface area (Å²) in [4.78, 5) is 1.53. The van der Waals surface area contributed by atoms with Gasteiger partial charge in [-0.05, 0) is 65.5 Å². The highest BCUT2D eigenvalue weighted by atomic mass is 79.9. The third-order valence-electron chi connectivity index (χ3n) is 3.95. The SMILES string of the molecule is CCCNC1CCCCCC1Cc1sccc1Br. The van der Waals surface area contributed by atoms with Gasteiger partial charge in [-0.15, -0.1) is 11.3 Å². The molecule has 3 heteroatoms. The molecule has 2 unspecified atom stereocenters. The van der Waals surface area contributed by atoms with E-state index in [1.165, 1.54) is 60.8 Å². The lowest BCUT2D eigenvalue weighted by atomic mass is 9.91. The van der Waals surface area contributed by atoms with Crippen LogP contribution in [0.5, 0.6) is 0 Å². The number of hydrogen-bond donors (Lipinski definition) is 1. The Morgan fingerprint density at radius 1 is 1.33 bits per heavy atom. The van der Waals surface area contributed by atoms with Crippen LogP contribution in [-0.2, 0) is 6.42 Å². The molecule has 18 heavy (non-hydrogen) atoms. The summed E-state index contributed by atoms with van der Waals surface area (Å²) >= 11 is 5.58. The smallest absolute Gasteiger partial charge is 0.0314 e. The van der Waals surface area contributed by atoms with Gasteiger partial charge in [-0.25, -0.2) is 0 Å². The molecule has 2 rings (SSSR count). The molecule has 1 heterocycles. The van der Waals surface area contributed by atoms with Crippen molar-refractivity contribution in [3.05, 3.63) is 20.8 Å². The topological polar surface area (TPSA) is 12.0 Å². The van der Waals surface area contributed by atoms with Crippen LogP contribution in [0.2, 0.25) is 0 Å². The Bertz CT molecular complexity index is 350. The van der Waals surface area contributed by atoms with Gasteiger partial charge in [0.2, 0.25) is 0 Å². The Hall–Kier alpha value is 0.140. The molecular formula is C15H24BrNS. The van der Waals surface area contributed by atoms with Crippen LogP contribution in [0.15, 0.2) is 15.9 Å². The second kappa shape index (κ2) is 7.66. The summed E-state index contributed by atoms with van der Waals surface area (Å²) in [6.07, 6.45) is 9.50. The second-order valence-corrected chi connectivity index (χ2v) is 7.21. The molecule has 102 valence electrons. The van der Waals surface area contributed by atoms with Crippen LogP contribution >= 0.6 is 27.3 Å². The first-order valence-electron chi connectivity index (χ1n) is 7.26. The highest BCUT2D eigenvalue weighted by Crippen LogP contribution is 2.31. The number of thiophene rings is 1. The van der Waals surface area contributed by atoms with Crippen LogP contribution in [0.25, 0.3) is 0 Å². The molecule has 2 atom stereocenters. The normalized spacial score (nSPS) is 25.0. The highest BCUT2D eigenvalue weighted by molar-refractivity contribution is 9.10. The molecule has 0 radical (unpaired) electrons. The average Bonchev–Trinajstić information content (AvgIpc) is 2.64. The van der Waals surface area contributed by atoms with Crippen LogP contribution in [0, 0.1) is 5.92 Å². The van der Waals surface area contributed by atoms with Crippen molar-refractivity contribution in [2.75, 3.05) is 6.54 Å². The van der Waals surface area contributed by atoms with Crippen molar-refractivity contribution in [1.82, 2.24) is 5.32 Å². The van der Waals surface area contributed by atoms with E-state index >= 15 is 0 Å². The third kappa shape index (κ3) is 4.07. The van der Waals surface area contributed by atoms with Gasteiger partial charge in [0.1, 0.15) is 0 Å². The zero-order valence-corrected chi connectivity index (χ0v) is 13.7. The molecule has 0 aromatic carbocycles. The second-order valence-electron chi connectivity index (χ2n) is 5.35. The van der Waals surface area contributed by atoms with Gasteiger partial charge in [0.05, 0.1) is 0 Å². The lowest BCUT2D eigenvalue weighted by Gasteiger charge is -2.26. The monoisotopic (exact) mass is 329 g/mol. The van der Waals surface area contributed by atoms with Gasteiger partial charge in [0.25, 0.3) is 0 Å². The van der Waals surface area contributed by atoms with E-state index in [9.17, 15) is 0 Å². The zero-order valence-electron chi connectivity index (χ0n) is 11.3. The van der Waals surface area contributed by atoms with Crippen LogP contribution < -0.4 is 5.32 Å². The van der Waals surface area contributed by atoms with E-state index in [0.717, 1.165) is 12.0 Å². The van der Waals surface area contributed by atoms with E-state index in [0.29, 0.717) is 0 Å². The summed E-state index contributed by atoms with van der Waals surface area (Å²) < 4.78 is 1.31. The fourth-order valence-electron chi connectivity index (χ4n) is 2.94. The van der Waals surface area contributed by atoms with Gasteiger partial charge in [0, 0.05) is 15.4 Å². The summed E-state index contributed by atoms with van der Waals surface area (Å²) in [5, 5.41) is 5.98. The van der Waals surface area contributed by atoms with E-state index < -0.39 is 0 Å². The Kier molecular flexibility index (Phi) is 6.19. The maximum Gasteiger partial charge on any atom is 0.0314 e. The largest absolute Gasteiger partial charge is 0.314 e. The van der Waals surface area contributed by atoms with Crippen LogP contribution in [0.4, 0.5) is 0 Å². The standard InChI is InChI=1S/C15H24BrNS/c1-2-9-17-14-7-5-3-4-6-12(14)11-15-13(16)8-10-18-15/h8,10,12,14,17H,2-7,9,11H2,1H3. The lowest BCUT2D eigenvalue weighted by molar-refractivity contribution is 0.334. The third-order valence-corrected chi connectivity index (χ3v) is 5.90. The van der Waals surface area contributed by atoms with Gasteiger partial charge < -0.3 is 5.32 Å². The van der Waals surface area contributed by atoms with E-state index in [4.69, 9.17) is 0 Å². The van der Waals surface area contributed by atoms with Gasteiger partial charge in [-0.3, -0.25) is 0 Å². The Morgan fingerprint density at radius 2 is 2.17 bits per heavy atom. The van der Waals surface area contributed by atoms with E-state index in [1.807, 2.05) is 11.3 Å². The predicted octanol–water partition coefficient (Wildman–Crippen LogP) is 5.00. The predicted molar refractivity (Wildman–Crippen MR) is 84.4 cm³/mol. The quantitative estimate of drug-likeness (QED) is 0.749. The summed E-state index contributed by atoms with van der Waals surface area (Å²) in [6, 6.07) is 2.92. The van der Waals surface area contributed by atoms with Crippen molar-refractivity contribution in [2.24, 2.45) is 5.92 Å². The van der Waals surface area contributed by atoms with Crippen molar-refractivity contribution >= 4 is 27.3 Å². The molecule has 0 aliphatic heterocycles. The first-order valence-corrected chi connectivity index (χ1v) is 8.93. The summed E-state index contributed by atoms with van der Waals surface area (Å²) in [6.45, 7) is 3.43. The van der Waals surface area contributed by atoms with Crippen molar-refractivity contribution in [3.8, 4) is 0 Å². The molecule has 0 bridgehead atoms. The van der Waals surface area contributed by atoms with Crippen molar-refractivity contribution in [3.63, 3.8) is 0 Å². The molecule has 0 saturated heterocycles. The highest BCUT2D eigenvalue weighted by Gasteiger charge is 2.24. The minimum atomic E-state index is 0.737. The fraction of sp³-hybridized carbons (Fsp3) is 0.733. The number of hydrogen-bond acceptors (Lipinski definition) is 2. The minimum Gasteiger partial charge on any atom is -0.314 e. The maximum atomic E-state index is 3.78. The fourth-order valence-corrected chi connectivity index (χ4v) is 4.54. The van der Waals surface area contributed by atoms with E-state index in [-0.39, 0.29) is 0 Å². The molecule has 1 aromatic rings. The van der Waals surface area contributed by atoms with Crippen molar-refractivity contribution in [1.29, 1.82) is 0 Å². The summed E-state index contributed by atoms with van der Waals surface area (Å²) in [5.41, 5.74) is 0. The molecular weight excluding hydrogens is 306 g/mol. The van der Waals surface area contributed by atoms with Crippen LogP contribution in [-0.4, -0.2) is 12.6 Å². The molecule has 1 aromatic heterocycles. The zero-order chi connectivity index (χ0) is 12.8. The Balaban J connectivity index is 1.98. The summed E-state index contributed by atoms with van der Waals surface area (Å²) in [5.74, 6) is 0.828.